The summed E-state index contributed by atoms with van der Waals surface area (Å²) in [5.74, 6) is 0.142. The van der Waals surface area contributed by atoms with Crippen LogP contribution in [0.1, 0.15) is 39.0 Å². The van der Waals surface area contributed by atoms with Gasteiger partial charge in [-0.15, -0.1) is 0 Å². The highest BCUT2D eigenvalue weighted by molar-refractivity contribution is 7.08. The summed E-state index contributed by atoms with van der Waals surface area (Å²) in [6.45, 7) is 0. The Kier molecular flexibility index (Phi) is 5.36. The summed E-state index contributed by atoms with van der Waals surface area (Å²) in [7, 11) is 3.06. The maximum Gasteiger partial charge on any atom is 0.186 e. The Labute approximate surface area is 201 Å². The molecule has 2 aliphatic heterocycles. The third kappa shape index (κ3) is 3.02. The van der Waals surface area contributed by atoms with Crippen LogP contribution in [0.15, 0.2) is 65.5 Å². The van der Waals surface area contributed by atoms with Crippen molar-refractivity contribution in [1.82, 2.24) is 4.90 Å². The monoisotopic (exact) mass is 467 g/mol. The highest BCUT2D eigenvalue weighted by Gasteiger charge is 2.63. The van der Waals surface area contributed by atoms with E-state index in [1.165, 1.54) is 25.6 Å². The smallest absolute Gasteiger partial charge is 0.186 e. The van der Waals surface area contributed by atoms with Gasteiger partial charge in [0.25, 0.3) is 0 Å². The van der Waals surface area contributed by atoms with Crippen LogP contribution < -0.4 is 9.47 Å². The number of Topliss-reactive ketones (excluding diaryl/α,β-unsaturated/α-hetero) is 1. The number of hydrogen-bond donors (Lipinski definition) is 0. The van der Waals surface area contributed by atoms with Crippen LogP contribution in [0.5, 0.6) is 11.5 Å². The molecule has 6 nitrogen and oxygen atoms in total. The van der Waals surface area contributed by atoms with Crippen LogP contribution in [0, 0.1) is 28.1 Å². The second-order valence-electron chi connectivity index (χ2n) is 8.30. The Morgan fingerprint density at radius 2 is 1.82 bits per heavy atom. The molecule has 0 amide bonds. The summed E-state index contributed by atoms with van der Waals surface area (Å²) in [6, 6.07) is 18.1. The molecule has 0 spiro atoms. The standard InChI is InChI=1S/C27H21N3O3S/c1-32-21-8-7-18(13-22(21)33-2)25(31)24-23(19-10-12-34-14-19)27(15-28,16-29)26-20-6-4-3-5-17(20)9-11-30(24)26/h3-14,23-24,26H,1-2H3/t23-,24+,26-/m0/s1. The van der Waals surface area contributed by atoms with E-state index < -0.39 is 23.4 Å². The number of nitrogens with zero attached hydrogens (tertiary/aromatic N) is 3. The van der Waals surface area contributed by atoms with Gasteiger partial charge in [0.2, 0.25) is 0 Å². The molecular weight excluding hydrogens is 446 g/mol. The average Bonchev–Trinajstić information content (AvgIpc) is 3.52. The van der Waals surface area contributed by atoms with E-state index in [0.29, 0.717) is 17.1 Å². The predicted molar refractivity (Wildman–Crippen MR) is 128 cm³/mol. The van der Waals surface area contributed by atoms with Crippen molar-refractivity contribution in [3.8, 4) is 23.6 Å². The van der Waals surface area contributed by atoms with Crippen molar-refractivity contribution < 1.29 is 14.3 Å². The van der Waals surface area contributed by atoms with Crippen molar-refractivity contribution in [3.05, 3.63) is 87.7 Å². The molecule has 0 N–H and O–H groups in total. The Morgan fingerprint density at radius 3 is 2.50 bits per heavy atom. The molecule has 0 radical (unpaired) electrons. The minimum atomic E-state index is -1.46. The number of methoxy groups -OCH3 is 2. The maximum absolute atomic E-state index is 14.1. The van der Waals surface area contributed by atoms with Gasteiger partial charge in [-0.2, -0.15) is 21.9 Å². The zero-order valence-corrected chi connectivity index (χ0v) is 19.5. The number of ether oxygens (including phenoxy) is 2. The lowest BCUT2D eigenvalue weighted by Crippen LogP contribution is -2.37. The number of nitriles is 2. The lowest BCUT2D eigenvalue weighted by molar-refractivity contribution is 0.0874. The molecule has 1 aromatic heterocycles. The molecule has 1 fully saturated rings. The Hall–Kier alpha value is -4.07. The molecule has 0 aliphatic carbocycles. The third-order valence-corrected chi connectivity index (χ3v) is 7.48. The zero-order chi connectivity index (χ0) is 23.9. The van der Waals surface area contributed by atoms with Crippen LogP contribution in [0.4, 0.5) is 0 Å². The van der Waals surface area contributed by atoms with Crippen LogP contribution in [-0.2, 0) is 0 Å². The van der Waals surface area contributed by atoms with E-state index in [1.54, 1.807) is 18.2 Å². The molecule has 2 aliphatic rings. The second kappa shape index (κ2) is 8.37. The minimum absolute atomic E-state index is 0.182. The molecule has 0 saturated carbocycles. The third-order valence-electron chi connectivity index (χ3n) is 6.78. The van der Waals surface area contributed by atoms with Gasteiger partial charge in [0.15, 0.2) is 22.7 Å². The first-order valence-corrected chi connectivity index (χ1v) is 11.7. The average molecular weight is 468 g/mol. The highest BCUT2D eigenvalue weighted by Crippen LogP contribution is 2.60. The predicted octanol–water partition coefficient (Wildman–Crippen LogP) is 5.18. The highest BCUT2D eigenvalue weighted by atomic mass is 32.1. The number of fused-ring (bicyclic) bond motifs is 3. The molecule has 0 bridgehead atoms. The van der Waals surface area contributed by atoms with E-state index in [0.717, 1.165) is 16.7 Å². The van der Waals surface area contributed by atoms with Gasteiger partial charge < -0.3 is 14.4 Å². The van der Waals surface area contributed by atoms with Crippen LogP contribution in [0.3, 0.4) is 0 Å². The summed E-state index contributed by atoms with van der Waals surface area (Å²) >= 11 is 1.48. The number of thiophene rings is 1. The van der Waals surface area contributed by atoms with Crippen LogP contribution in [0.2, 0.25) is 0 Å². The van der Waals surface area contributed by atoms with Crippen molar-refractivity contribution in [2.24, 2.45) is 5.41 Å². The van der Waals surface area contributed by atoms with Crippen molar-refractivity contribution in [3.63, 3.8) is 0 Å². The summed E-state index contributed by atoms with van der Waals surface area (Å²) in [4.78, 5) is 16.0. The summed E-state index contributed by atoms with van der Waals surface area (Å²) < 4.78 is 10.7. The van der Waals surface area contributed by atoms with Crippen molar-refractivity contribution >= 4 is 23.2 Å². The first kappa shape index (κ1) is 21.8. The fraction of sp³-hybridized carbons (Fsp3) is 0.222. The SMILES string of the molecule is COc1ccc(C(=O)[C@H]2[C@H](c3ccsc3)C(C#N)(C#N)[C@@H]3c4ccccc4C=CN32)cc1OC. The van der Waals surface area contributed by atoms with Gasteiger partial charge in [-0.1, -0.05) is 24.3 Å². The maximum atomic E-state index is 14.1. The van der Waals surface area contributed by atoms with E-state index in [9.17, 15) is 15.3 Å². The summed E-state index contributed by atoms with van der Waals surface area (Å²) in [5.41, 5.74) is 1.60. The van der Waals surface area contributed by atoms with Gasteiger partial charge in [-0.05, 0) is 57.8 Å². The molecule has 3 atom stereocenters. The second-order valence-corrected chi connectivity index (χ2v) is 9.08. The van der Waals surface area contributed by atoms with Crippen molar-refractivity contribution in [2.75, 3.05) is 14.2 Å². The number of carbonyl (C=O) groups excluding carboxylic acids is 1. The zero-order valence-electron chi connectivity index (χ0n) is 18.6. The van der Waals surface area contributed by atoms with Crippen molar-refractivity contribution in [1.29, 1.82) is 10.5 Å². The number of ketones is 1. The number of rotatable bonds is 5. The number of carbonyl (C=O) groups is 1. The van der Waals surface area contributed by atoms with Gasteiger partial charge in [0.1, 0.15) is 6.04 Å². The van der Waals surface area contributed by atoms with Gasteiger partial charge in [-0.3, -0.25) is 4.79 Å². The van der Waals surface area contributed by atoms with Gasteiger partial charge in [-0.25, -0.2) is 0 Å². The summed E-state index contributed by atoms with van der Waals surface area (Å²) in [6.07, 6.45) is 3.79. The number of hydrogen-bond acceptors (Lipinski definition) is 7. The first-order valence-electron chi connectivity index (χ1n) is 10.7. The number of benzene rings is 2. The molecule has 7 heteroatoms. The minimum Gasteiger partial charge on any atom is -0.493 e. The van der Waals surface area contributed by atoms with E-state index in [4.69, 9.17) is 9.47 Å². The molecule has 0 unspecified atom stereocenters. The molecule has 5 rings (SSSR count). The molecule has 2 aromatic carbocycles. The largest absolute Gasteiger partial charge is 0.493 e. The molecule has 1 saturated heterocycles. The van der Waals surface area contributed by atoms with E-state index >= 15 is 0 Å². The topological polar surface area (TPSA) is 86.3 Å². The first-order chi connectivity index (χ1) is 16.6. The fourth-order valence-electron chi connectivity index (χ4n) is 5.28. The Bertz CT molecular complexity index is 1350. The fourth-order valence-corrected chi connectivity index (χ4v) is 5.98. The molecule has 3 heterocycles. The van der Waals surface area contributed by atoms with Gasteiger partial charge in [0, 0.05) is 17.7 Å². The lowest BCUT2D eigenvalue weighted by atomic mass is 9.68. The Balaban J connectivity index is 1.72. The van der Waals surface area contributed by atoms with E-state index in [-0.39, 0.29) is 5.78 Å². The summed E-state index contributed by atoms with van der Waals surface area (Å²) in [5, 5.41) is 24.8. The van der Waals surface area contributed by atoms with Gasteiger partial charge >= 0.3 is 0 Å². The van der Waals surface area contributed by atoms with Crippen LogP contribution in [0.25, 0.3) is 6.08 Å². The van der Waals surface area contributed by atoms with Crippen LogP contribution in [-0.4, -0.2) is 30.9 Å². The van der Waals surface area contributed by atoms with Crippen molar-refractivity contribution in [2.45, 2.75) is 18.0 Å². The molecular formula is C27H21N3O3S. The Morgan fingerprint density at radius 1 is 1.06 bits per heavy atom. The quantitative estimate of drug-likeness (QED) is 0.481. The van der Waals surface area contributed by atoms with E-state index in [1.807, 2.05) is 58.3 Å². The van der Waals surface area contributed by atoms with Gasteiger partial charge in [0.05, 0.1) is 32.4 Å². The lowest BCUT2D eigenvalue weighted by Gasteiger charge is -2.34. The van der Waals surface area contributed by atoms with E-state index in [2.05, 4.69) is 12.1 Å². The van der Waals surface area contributed by atoms with Crippen LogP contribution >= 0.6 is 11.3 Å². The normalized spacial score (nSPS) is 21.6. The molecule has 3 aromatic rings. The molecule has 168 valence electrons. The molecule has 34 heavy (non-hydrogen) atoms.